The molecular weight excluding hydrogens is 260 g/mol. The molecule has 1 fully saturated rings. The van der Waals surface area contributed by atoms with E-state index in [2.05, 4.69) is 23.9 Å². The van der Waals surface area contributed by atoms with Crippen molar-refractivity contribution >= 4 is 11.6 Å². The third kappa shape index (κ3) is 4.10. The molecule has 1 N–H and O–H groups in total. The first-order valence-electron chi connectivity index (χ1n) is 6.89. The monoisotopic (exact) mass is 282 g/mol. The fourth-order valence-corrected chi connectivity index (χ4v) is 2.95. The van der Waals surface area contributed by atoms with Gasteiger partial charge in [-0.25, -0.2) is 0 Å². The molecule has 0 aliphatic carbocycles. The zero-order valence-electron chi connectivity index (χ0n) is 11.8. The number of halogens is 1. The van der Waals surface area contributed by atoms with Gasteiger partial charge in [0.25, 0.3) is 0 Å². The van der Waals surface area contributed by atoms with E-state index in [1.165, 1.54) is 25.9 Å². The minimum atomic E-state index is 0.294. The van der Waals surface area contributed by atoms with E-state index in [4.69, 9.17) is 11.6 Å². The molecule has 1 heterocycles. The van der Waals surface area contributed by atoms with Crippen LogP contribution in [0.2, 0.25) is 5.02 Å². The van der Waals surface area contributed by atoms with E-state index in [1.54, 1.807) is 12.1 Å². The molecule has 0 amide bonds. The summed E-state index contributed by atoms with van der Waals surface area (Å²) in [4.78, 5) is 4.65. The number of hydrogen-bond acceptors (Lipinski definition) is 3. The topological polar surface area (TPSA) is 26.7 Å². The quantitative estimate of drug-likeness (QED) is 0.920. The van der Waals surface area contributed by atoms with E-state index < -0.39 is 0 Å². The van der Waals surface area contributed by atoms with Crippen LogP contribution in [0.15, 0.2) is 18.2 Å². The molecule has 106 valence electrons. The van der Waals surface area contributed by atoms with Gasteiger partial charge in [0.2, 0.25) is 0 Å². The largest absolute Gasteiger partial charge is 0.508 e. The fraction of sp³-hybridized carbons (Fsp3) is 0.600. The molecule has 4 heteroatoms. The second-order valence-corrected chi connectivity index (χ2v) is 6.09. The van der Waals surface area contributed by atoms with Crippen LogP contribution in [0, 0.1) is 5.92 Å². The van der Waals surface area contributed by atoms with Crippen molar-refractivity contribution in [3.8, 4) is 5.75 Å². The summed E-state index contributed by atoms with van der Waals surface area (Å²) in [6.07, 6.45) is 2.52. The molecule has 3 nitrogen and oxygen atoms in total. The van der Waals surface area contributed by atoms with Crippen LogP contribution < -0.4 is 0 Å². The number of nitrogens with zero attached hydrogens (tertiary/aromatic N) is 2. The van der Waals surface area contributed by atoms with Crippen molar-refractivity contribution in [3.05, 3.63) is 28.8 Å². The minimum absolute atomic E-state index is 0.294. The number of benzene rings is 1. The normalized spacial score (nSPS) is 18.1. The molecule has 19 heavy (non-hydrogen) atoms. The van der Waals surface area contributed by atoms with Crippen molar-refractivity contribution in [3.63, 3.8) is 0 Å². The SMILES string of the molecule is CN1CCC(CN(C)Cc2c(O)cccc2Cl)CC1. The van der Waals surface area contributed by atoms with Crippen molar-refractivity contribution in [2.24, 2.45) is 5.92 Å². The van der Waals surface area contributed by atoms with Crippen LogP contribution in [0.5, 0.6) is 5.75 Å². The van der Waals surface area contributed by atoms with Gasteiger partial charge >= 0.3 is 0 Å². The highest BCUT2D eigenvalue weighted by Crippen LogP contribution is 2.27. The summed E-state index contributed by atoms with van der Waals surface area (Å²) in [5, 5.41) is 10.5. The summed E-state index contributed by atoms with van der Waals surface area (Å²) in [5.74, 6) is 1.05. The highest BCUT2D eigenvalue weighted by Gasteiger charge is 2.19. The Hall–Kier alpha value is -0.770. The van der Waals surface area contributed by atoms with E-state index >= 15 is 0 Å². The Kier molecular flexibility index (Phi) is 5.08. The molecule has 1 saturated heterocycles. The Balaban J connectivity index is 1.89. The van der Waals surface area contributed by atoms with Gasteiger partial charge in [-0.15, -0.1) is 0 Å². The zero-order chi connectivity index (χ0) is 13.8. The third-order valence-electron chi connectivity index (χ3n) is 3.93. The summed E-state index contributed by atoms with van der Waals surface area (Å²) in [5.41, 5.74) is 0.833. The lowest BCUT2D eigenvalue weighted by molar-refractivity contribution is 0.173. The first-order valence-corrected chi connectivity index (χ1v) is 7.27. The number of piperidine rings is 1. The molecule has 0 aromatic heterocycles. The van der Waals surface area contributed by atoms with Crippen molar-refractivity contribution in [1.82, 2.24) is 9.80 Å². The Labute approximate surface area is 120 Å². The molecule has 0 spiro atoms. The first-order chi connectivity index (χ1) is 9.06. The maximum atomic E-state index is 9.86. The van der Waals surface area contributed by atoms with Gasteiger partial charge in [0.15, 0.2) is 0 Å². The van der Waals surface area contributed by atoms with Gasteiger partial charge < -0.3 is 14.9 Å². The smallest absolute Gasteiger partial charge is 0.121 e. The Morgan fingerprint density at radius 1 is 1.37 bits per heavy atom. The highest BCUT2D eigenvalue weighted by atomic mass is 35.5. The van der Waals surface area contributed by atoms with E-state index in [0.717, 1.165) is 18.0 Å². The molecule has 1 aliphatic rings. The van der Waals surface area contributed by atoms with Gasteiger partial charge in [-0.05, 0) is 58.1 Å². The van der Waals surface area contributed by atoms with Crippen molar-refractivity contribution in [2.45, 2.75) is 19.4 Å². The van der Waals surface area contributed by atoms with Crippen LogP contribution in [0.1, 0.15) is 18.4 Å². The predicted octanol–water partition coefficient (Wildman–Crippen LogP) is 2.82. The molecule has 0 bridgehead atoms. The number of aromatic hydroxyl groups is 1. The lowest BCUT2D eigenvalue weighted by Crippen LogP contribution is -2.35. The summed E-state index contributed by atoms with van der Waals surface area (Å²) in [6, 6.07) is 5.31. The number of likely N-dealkylation sites (tertiary alicyclic amines) is 1. The average Bonchev–Trinajstić information content (AvgIpc) is 2.37. The number of rotatable bonds is 4. The second kappa shape index (κ2) is 6.60. The molecule has 0 saturated carbocycles. The Morgan fingerprint density at radius 2 is 2.05 bits per heavy atom. The van der Waals surface area contributed by atoms with Crippen LogP contribution >= 0.6 is 11.6 Å². The van der Waals surface area contributed by atoms with Gasteiger partial charge in [0.05, 0.1) is 0 Å². The summed E-state index contributed by atoms with van der Waals surface area (Å²) in [6.45, 7) is 4.15. The van der Waals surface area contributed by atoms with E-state index in [9.17, 15) is 5.11 Å². The van der Waals surface area contributed by atoms with E-state index in [1.807, 2.05) is 6.07 Å². The van der Waals surface area contributed by atoms with Crippen molar-refractivity contribution in [1.29, 1.82) is 0 Å². The highest BCUT2D eigenvalue weighted by molar-refractivity contribution is 6.31. The summed E-state index contributed by atoms with van der Waals surface area (Å²) in [7, 11) is 4.28. The van der Waals surface area contributed by atoms with Gasteiger partial charge in [0, 0.05) is 23.7 Å². The standard InChI is InChI=1S/C15H23ClN2O/c1-17-8-6-12(7-9-17)10-18(2)11-13-14(16)4-3-5-15(13)19/h3-5,12,19H,6-11H2,1-2H3. The number of hydrogen-bond donors (Lipinski definition) is 1. The third-order valence-corrected chi connectivity index (χ3v) is 4.28. The number of phenolic OH excluding ortho intramolecular Hbond substituents is 1. The van der Waals surface area contributed by atoms with Crippen LogP contribution in [0.3, 0.4) is 0 Å². The lowest BCUT2D eigenvalue weighted by Gasteiger charge is -2.31. The van der Waals surface area contributed by atoms with Gasteiger partial charge in [-0.2, -0.15) is 0 Å². The Bertz CT molecular complexity index is 396. The molecule has 0 atom stereocenters. The average molecular weight is 283 g/mol. The van der Waals surface area contributed by atoms with E-state index in [-0.39, 0.29) is 0 Å². The predicted molar refractivity (Wildman–Crippen MR) is 79.7 cm³/mol. The zero-order valence-corrected chi connectivity index (χ0v) is 12.5. The molecule has 0 unspecified atom stereocenters. The maximum absolute atomic E-state index is 9.86. The van der Waals surface area contributed by atoms with Crippen molar-refractivity contribution < 1.29 is 5.11 Å². The van der Waals surface area contributed by atoms with Crippen LogP contribution in [-0.4, -0.2) is 48.6 Å². The first kappa shape index (κ1) is 14.6. The maximum Gasteiger partial charge on any atom is 0.121 e. The summed E-state index contributed by atoms with van der Waals surface area (Å²) >= 11 is 6.14. The summed E-state index contributed by atoms with van der Waals surface area (Å²) < 4.78 is 0. The van der Waals surface area contributed by atoms with E-state index in [0.29, 0.717) is 17.3 Å². The van der Waals surface area contributed by atoms with Gasteiger partial charge in [-0.1, -0.05) is 17.7 Å². The van der Waals surface area contributed by atoms with Gasteiger partial charge in [0.1, 0.15) is 5.75 Å². The van der Waals surface area contributed by atoms with Crippen molar-refractivity contribution in [2.75, 3.05) is 33.7 Å². The van der Waals surface area contributed by atoms with Gasteiger partial charge in [-0.3, -0.25) is 0 Å². The fourth-order valence-electron chi connectivity index (χ4n) is 2.72. The minimum Gasteiger partial charge on any atom is -0.508 e. The second-order valence-electron chi connectivity index (χ2n) is 5.68. The Morgan fingerprint density at radius 3 is 2.68 bits per heavy atom. The van der Waals surface area contributed by atoms with Crippen LogP contribution in [0.25, 0.3) is 0 Å². The lowest BCUT2D eigenvalue weighted by atomic mass is 9.96. The molecule has 0 radical (unpaired) electrons. The van der Waals surface area contributed by atoms with Crippen LogP contribution in [0.4, 0.5) is 0 Å². The molecule has 2 rings (SSSR count). The molecule has 1 aromatic carbocycles. The molecule has 1 aliphatic heterocycles. The van der Waals surface area contributed by atoms with Crippen LogP contribution in [-0.2, 0) is 6.54 Å². The molecule has 1 aromatic rings. The number of phenols is 1. The molecular formula is C15H23ClN2O.